The second kappa shape index (κ2) is 10.2. The normalized spacial score (nSPS) is 18.1. The van der Waals surface area contributed by atoms with Crippen molar-refractivity contribution in [3.05, 3.63) is 53.3 Å². The van der Waals surface area contributed by atoms with Crippen molar-refractivity contribution in [1.29, 1.82) is 5.26 Å². The van der Waals surface area contributed by atoms with Crippen LogP contribution in [0.3, 0.4) is 0 Å². The average molecular weight is 472 g/mol. The van der Waals surface area contributed by atoms with Crippen LogP contribution in [0.25, 0.3) is 0 Å². The molecule has 0 atom stereocenters. The zero-order chi connectivity index (χ0) is 24.2. The van der Waals surface area contributed by atoms with Gasteiger partial charge in [0.05, 0.1) is 36.6 Å². The number of aromatic nitrogens is 1. The number of alkyl halides is 3. The van der Waals surface area contributed by atoms with Crippen LogP contribution < -0.4 is 15.8 Å². The largest absolute Gasteiger partial charge is 0.408 e. The Labute approximate surface area is 199 Å². The van der Waals surface area contributed by atoms with Crippen LogP contribution in [0.4, 0.5) is 24.5 Å². The lowest BCUT2D eigenvalue weighted by atomic mass is 9.77. The van der Waals surface area contributed by atoms with E-state index in [-0.39, 0.29) is 12.8 Å². The summed E-state index contributed by atoms with van der Waals surface area (Å²) in [6, 6.07) is 12.5. The highest BCUT2D eigenvalue weighted by molar-refractivity contribution is 5.57. The fourth-order valence-electron chi connectivity index (χ4n) is 4.95. The number of pyridine rings is 1. The molecule has 5 nitrogen and oxygen atoms in total. The van der Waals surface area contributed by atoms with Crippen LogP contribution in [0, 0.1) is 18.3 Å². The van der Waals surface area contributed by atoms with E-state index in [9.17, 15) is 18.4 Å². The van der Waals surface area contributed by atoms with E-state index in [1.165, 1.54) is 19.3 Å². The third-order valence-corrected chi connectivity index (χ3v) is 7.19. The SMILES string of the molecule is Cc1ccc(CC#N)c(N(Cc2ccc(NNC3(C(F)(F)F)CCC3)cn2)C2CCCCC2)c1. The van der Waals surface area contributed by atoms with Crippen molar-refractivity contribution in [2.75, 3.05) is 10.3 Å². The molecule has 0 saturated heterocycles. The highest BCUT2D eigenvalue weighted by Crippen LogP contribution is 2.45. The summed E-state index contributed by atoms with van der Waals surface area (Å²) in [5.41, 5.74) is 7.95. The molecule has 34 heavy (non-hydrogen) atoms. The van der Waals surface area contributed by atoms with E-state index < -0.39 is 11.7 Å². The van der Waals surface area contributed by atoms with Gasteiger partial charge in [0.25, 0.3) is 0 Å². The predicted molar refractivity (Wildman–Crippen MR) is 127 cm³/mol. The molecule has 0 unspecified atom stereocenters. The minimum Gasteiger partial charge on any atom is -0.362 e. The molecular formula is C26H32F3N5. The smallest absolute Gasteiger partial charge is 0.362 e. The highest BCUT2D eigenvalue weighted by atomic mass is 19.4. The molecule has 0 radical (unpaired) electrons. The van der Waals surface area contributed by atoms with Gasteiger partial charge >= 0.3 is 6.18 Å². The molecule has 182 valence electrons. The molecule has 0 amide bonds. The average Bonchev–Trinajstić information content (AvgIpc) is 2.79. The molecule has 2 N–H and O–H groups in total. The monoisotopic (exact) mass is 471 g/mol. The van der Waals surface area contributed by atoms with E-state index in [1.807, 2.05) is 18.2 Å². The van der Waals surface area contributed by atoms with Gasteiger partial charge in [0.2, 0.25) is 0 Å². The van der Waals surface area contributed by atoms with Crippen LogP contribution >= 0.6 is 0 Å². The lowest BCUT2D eigenvalue weighted by Crippen LogP contribution is -2.63. The second-order valence-electron chi connectivity index (χ2n) is 9.61. The Morgan fingerprint density at radius 1 is 1.12 bits per heavy atom. The van der Waals surface area contributed by atoms with Crippen molar-refractivity contribution < 1.29 is 13.2 Å². The number of anilines is 2. The van der Waals surface area contributed by atoms with Gasteiger partial charge in [-0.1, -0.05) is 31.4 Å². The third kappa shape index (κ3) is 5.30. The lowest BCUT2D eigenvalue weighted by Gasteiger charge is -2.43. The molecular weight excluding hydrogens is 439 g/mol. The van der Waals surface area contributed by atoms with Crippen LogP contribution in [0.5, 0.6) is 0 Å². The number of aryl methyl sites for hydroxylation is 1. The van der Waals surface area contributed by atoms with Crippen molar-refractivity contribution in [3.63, 3.8) is 0 Å². The van der Waals surface area contributed by atoms with Gasteiger partial charge in [-0.2, -0.15) is 18.4 Å². The molecule has 4 rings (SSSR count). The summed E-state index contributed by atoms with van der Waals surface area (Å²) >= 11 is 0. The molecule has 0 bridgehead atoms. The van der Waals surface area contributed by atoms with Crippen LogP contribution in [0.2, 0.25) is 0 Å². The van der Waals surface area contributed by atoms with Crippen molar-refractivity contribution >= 4 is 11.4 Å². The predicted octanol–water partition coefficient (Wildman–Crippen LogP) is 6.20. The summed E-state index contributed by atoms with van der Waals surface area (Å²) in [5, 5.41) is 9.34. The minimum atomic E-state index is -4.29. The summed E-state index contributed by atoms with van der Waals surface area (Å²) < 4.78 is 40.1. The van der Waals surface area contributed by atoms with E-state index in [4.69, 9.17) is 0 Å². The van der Waals surface area contributed by atoms with E-state index in [0.717, 1.165) is 35.3 Å². The van der Waals surface area contributed by atoms with Gasteiger partial charge in [-0.15, -0.1) is 0 Å². The second-order valence-corrected chi connectivity index (χ2v) is 9.61. The van der Waals surface area contributed by atoms with Crippen molar-refractivity contribution in [2.45, 2.75) is 89.0 Å². The fourth-order valence-corrected chi connectivity index (χ4v) is 4.95. The van der Waals surface area contributed by atoms with Gasteiger partial charge in [0.15, 0.2) is 0 Å². The first-order valence-corrected chi connectivity index (χ1v) is 12.1. The third-order valence-electron chi connectivity index (χ3n) is 7.19. The molecule has 0 spiro atoms. The molecule has 8 heteroatoms. The fraction of sp³-hybridized carbons (Fsp3) is 0.538. The molecule has 1 heterocycles. The first-order valence-electron chi connectivity index (χ1n) is 12.1. The van der Waals surface area contributed by atoms with E-state index >= 15 is 0 Å². The summed E-state index contributed by atoms with van der Waals surface area (Å²) in [7, 11) is 0. The standard InChI is InChI=1S/C26H32F3N5/c1-19-8-9-20(12-15-30)24(16-19)34(23-6-3-2-4-7-23)18-22-11-10-21(17-31-22)32-33-25(13-5-14-25)26(27,28)29/h8-11,16-17,23,32-33H,2-7,12-14,18H2,1H3. The van der Waals surface area contributed by atoms with E-state index in [0.29, 0.717) is 31.1 Å². The number of nitrogens with one attached hydrogen (secondary N) is 2. The Hall–Kier alpha value is -2.79. The van der Waals surface area contributed by atoms with Gasteiger partial charge in [0.1, 0.15) is 5.54 Å². The minimum absolute atomic E-state index is 0.0763. The summed E-state index contributed by atoms with van der Waals surface area (Å²) in [4.78, 5) is 6.93. The maximum atomic E-state index is 13.4. The van der Waals surface area contributed by atoms with Gasteiger partial charge < -0.3 is 10.3 Å². The summed E-state index contributed by atoms with van der Waals surface area (Å²) in [5.74, 6) is 0. The van der Waals surface area contributed by atoms with Gasteiger partial charge in [-0.05, 0) is 68.4 Å². The summed E-state index contributed by atoms with van der Waals surface area (Å²) in [6.07, 6.45) is 4.17. The van der Waals surface area contributed by atoms with Gasteiger partial charge in [0, 0.05) is 11.7 Å². The van der Waals surface area contributed by atoms with Gasteiger partial charge in [-0.3, -0.25) is 4.98 Å². The first kappa shape index (κ1) is 24.3. The number of halogens is 3. The molecule has 1 aromatic heterocycles. The molecule has 0 aliphatic heterocycles. The molecule has 2 aromatic rings. The molecule has 2 fully saturated rings. The van der Waals surface area contributed by atoms with Crippen molar-refractivity contribution in [2.24, 2.45) is 0 Å². The lowest BCUT2D eigenvalue weighted by molar-refractivity contribution is -0.217. The quantitative estimate of drug-likeness (QED) is 0.449. The van der Waals surface area contributed by atoms with Crippen LogP contribution in [0.1, 0.15) is 68.2 Å². The molecule has 2 aliphatic carbocycles. The zero-order valence-corrected chi connectivity index (χ0v) is 19.6. The highest BCUT2D eigenvalue weighted by Gasteiger charge is 2.58. The Bertz CT molecular complexity index is 1000. The Kier molecular flexibility index (Phi) is 7.32. The van der Waals surface area contributed by atoms with E-state index in [2.05, 4.69) is 39.8 Å². The molecule has 2 saturated carbocycles. The zero-order valence-electron chi connectivity index (χ0n) is 19.6. The number of rotatable bonds is 8. The maximum Gasteiger partial charge on any atom is 0.408 e. The molecule has 1 aromatic carbocycles. The number of hydrogen-bond acceptors (Lipinski definition) is 5. The number of benzene rings is 1. The Morgan fingerprint density at radius 3 is 2.47 bits per heavy atom. The Morgan fingerprint density at radius 2 is 1.88 bits per heavy atom. The first-order chi connectivity index (χ1) is 16.3. The van der Waals surface area contributed by atoms with Crippen LogP contribution in [0.15, 0.2) is 36.5 Å². The number of nitriles is 1. The Balaban J connectivity index is 1.51. The van der Waals surface area contributed by atoms with Crippen molar-refractivity contribution in [1.82, 2.24) is 10.4 Å². The number of hydrazine groups is 1. The summed E-state index contributed by atoms with van der Waals surface area (Å²) in [6.45, 7) is 2.65. The maximum absolute atomic E-state index is 13.4. The van der Waals surface area contributed by atoms with Gasteiger partial charge in [-0.25, -0.2) is 5.43 Å². The van der Waals surface area contributed by atoms with Crippen LogP contribution in [-0.2, 0) is 13.0 Å². The van der Waals surface area contributed by atoms with Crippen molar-refractivity contribution in [3.8, 4) is 6.07 Å². The molecule has 2 aliphatic rings. The number of nitrogens with zero attached hydrogens (tertiary/aromatic N) is 3. The topological polar surface area (TPSA) is 64.0 Å². The van der Waals surface area contributed by atoms with Crippen LogP contribution in [-0.4, -0.2) is 22.7 Å². The van der Waals surface area contributed by atoms with E-state index in [1.54, 1.807) is 12.3 Å². The number of hydrogen-bond donors (Lipinski definition) is 2.